The molecule has 2 heterocycles. The number of pyridine rings is 1. The van der Waals surface area contributed by atoms with Crippen LogP contribution < -0.4 is 0 Å². The summed E-state index contributed by atoms with van der Waals surface area (Å²) < 4.78 is 2.02. The molecule has 1 aromatic carbocycles. The molecule has 3 aromatic rings. The third kappa shape index (κ3) is 2.00. The van der Waals surface area contributed by atoms with Crippen LogP contribution in [0.1, 0.15) is 16.8 Å². The van der Waals surface area contributed by atoms with Gasteiger partial charge in [-0.15, -0.1) is 0 Å². The van der Waals surface area contributed by atoms with Crippen molar-refractivity contribution in [1.29, 1.82) is 0 Å². The summed E-state index contributed by atoms with van der Waals surface area (Å²) in [5.74, 6) is 0. The zero-order valence-electron chi connectivity index (χ0n) is 11.0. The standard InChI is InChI=1S/C15H15N3O/c1-10-5-14-15(6-11(10)2)18(9-17-14)13-3-4-16-12(7-13)8-19/h3-7,9,19H,8H2,1-2H3. The highest BCUT2D eigenvalue weighted by atomic mass is 16.3. The first-order valence-electron chi connectivity index (χ1n) is 6.19. The summed E-state index contributed by atoms with van der Waals surface area (Å²) >= 11 is 0. The van der Waals surface area contributed by atoms with Crippen molar-refractivity contribution in [2.24, 2.45) is 0 Å². The first-order valence-corrected chi connectivity index (χ1v) is 6.19. The highest BCUT2D eigenvalue weighted by Gasteiger charge is 2.07. The quantitative estimate of drug-likeness (QED) is 0.763. The van der Waals surface area contributed by atoms with E-state index in [0.717, 1.165) is 16.7 Å². The Morgan fingerprint density at radius 3 is 2.68 bits per heavy atom. The molecule has 0 saturated carbocycles. The van der Waals surface area contributed by atoms with Gasteiger partial charge in [-0.05, 0) is 49.2 Å². The van der Waals surface area contributed by atoms with E-state index in [0.29, 0.717) is 5.69 Å². The van der Waals surface area contributed by atoms with Gasteiger partial charge in [-0.25, -0.2) is 4.98 Å². The van der Waals surface area contributed by atoms with E-state index in [1.807, 2.05) is 16.7 Å². The molecule has 3 rings (SSSR count). The van der Waals surface area contributed by atoms with Gasteiger partial charge in [0.15, 0.2) is 0 Å². The summed E-state index contributed by atoms with van der Waals surface area (Å²) in [5, 5.41) is 9.17. The minimum Gasteiger partial charge on any atom is -0.390 e. The Balaban J connectivity index is 2.22. The molecule has 0 amide bonds. The maximum absolute atomic E-state index is 9.17. The summed E-state index contributed by atoms with van der Waals surface area (Å²) in [4.78, 5) is 8.53. The molecule has 1 N–H and O–H groups in total. The number of rotatable bonds is 2. The Morgan fingerprint density at radius 2 is 1.89 bits per heavy atom. The van der Waals surface area contributed by atoms with Crippen molar-refractivity contribution in [2.45, 2.75) is 20.5 Å². The first kappa shape index (κ1) is 11.9. The molecule has 0 atom stereocenters. The van der Waals surface area contributed by atoms with Crippen molar-refractivity contribution < 1.29 is 5.11 Å². The number of aryl methyl sites for hydroxylation is 2. The molecule has 0 aliphatic rings. The minimum atomic E-state index is -0.0569. The van der Waals surface area contributed by atoms with Crippen molar-refractivity contribution in [2.75, 3.05) is 0 Å². The average molecular weight is 253 g/mol. The Hall–Kier alpha value is -2.20. The van der Waals surface area contributed by atoms with Crippen LogP contribution in [0.15, 0.2) is 36.8 Å². The van der Waals surface area contributed by atoms with E-state index in [1.54, 1.807) is 12.5 Å². The molecule has 0 saturated heterocycles. The fourth-order valence-corrected chi connectivity index (χ4v) is 2.17. The molecule has 96 valence electrons. The second kappa shape index (κ2) is 4.48. The maximum Gasteiger partial charge on any atom is 0.100 e. The van der Waals surface area contributed by atoms with Crippen LogP contribution in [0.4, 0.5) is 0 Å². The Morgan fingerprint density at radius 1 is 1.11 bits per heavy atom. The molecule has 0 fully saturated rings. The van der Waals surface area contributed by atoms with Crippen LogP contribution in [0.3, 0.4) is 0 Å². The fraction of sp³-hybridized carbons (Fsp3) is 0.200. The monoisotopic (exact) mass is 253 g/mol. The number of imidazole rings is 1. The van der Waals surface area contributed by atoms with Crippen LogP contribution in [0, 0.1) is 13.8 Å². The summed E-state index contributed by atoms with van der Waals surface area (Å²) in [6, 6.07) is 8.01. The first-order chi connectivity index (χ1) is 9.19. The largest absolute Gasteiger partial charge is 0.390 e. The molecule has 0 radical (unpaired) electrons. The van der Waals surface area contributed by atoms with Crippen LogP contribution in [-0.2, 0) is 6.61 Å². The van der Waals surface area contributed by atoms with Gasteiger partial charge in [-0.2, -0.15) is 0 Å². The summed E-state index contributed by atoms with van der Waals surface area (Å²) in [6.07, 6.45) is 3.51. The Labute approximate surface area is 111 Å². The van der Waals surface area contributed by atoms with Gasteiger partial charge in [0.25, 0.3) is 0 Å². The number of nitrogens with zero attached hydrogens (tertiary/aromatic N) is 3. The van der Waals surface area contributed by atoms with E-state index in [1.165, 1.54) is 11.1 Å². The topological polar surface area (TPSA) is 50.9 Å². The number of hydrogen-bond donors (Lipinski definition) is 1. The van der Waals surface area contributed by atoms with Gasteiger partial charge in [-0.1, -0.05) is 0 Å². The van der Waals surface area contributed by atoms with Gasteiger partial charge < -0.3 is 5.11 Å². The molecule has 4 heteroatoms. The third-order valence-electron chi connectivity index (χ3n) is 3.40. The molecular formula is C15H15N3O. The highest BCUT2D eigenvalue weighted by Crippen LogP contribution is 2.21. The molecule has 4 nitrogen and oxygen atoms in total. The van der Waals surface area contributed by atoms with Crippen LogP contribution in [0.25, 0.3) is 16.7 Å². The lowest BCUT2D eigenvalue weighted by molar-refractivity contribution is 0.277. The molecule has 0 aliphatic heterocycles. The van der Waals surface area contributed by atoms with E-state index in [-0.39, 0.29) is 6.61 Å². The van der Waals surface area contributed by atoms with Crippen LogP contribution in [0.5, 0.6) is 0 Å². The molecule has 0 spiro atoms. The van der Waals surface area contributed by atoms with E-state index in [2.05, 4.69) is 35.9 Å². The van der Waals surface area contributed by atoms with Gasteiger partial charge in [0.2, 0.25) is 0 Å². The van der Waals surface area contributed by atoms with Gasteiger partial charge in [-0.3, -0.25) is 9.55 Å². The van der Waals surface area contributed by atoms with E-state index < -0.39 is 0 Å². The predicted molar refractivity (Wildman–Crippen MR) is 74.3 cm³/mol. The number of aromatic nitrogens is 3. The summed E-state index contributed by atoms with van der Waals surface area (Å²) in [6.45, 7) is 4.13. The van der Waals surface area contributed by atoms with Gasteiger partial charge in [0, 0.05) is 6.20 Å². The zero-order valence-corrected chi connectivity index (χ0v) is 11.0. The van der Waals surface area contributed by atoms with E-state index >= 15 is 0 Å². The van der Waals surface area contributed by atoms with Gasteiger partial charge >= 0.3 is 0 Å². The molecule has 0 aliphatic carbocycles. The van der Waals surface area contributed by atoms with Gasteiger partial charge in [0.05, 0.1) is 29.0 Å². The van der Waals surface area contributed by atoms with Gasteiger partial charge in [0.1, 0.15) is 6.33 Å². The minimum absolute atomic E-state index is 0.0569. The lowest BCUT2D eigenvalue weighted by Crippen LogP contribution is -1.96. The number of fused-ring (bicyclic) bond motifs is 1. The van der Waals surface area contributed by atoms with Crippen LogP contribution in [-0.4, -0.2) is 19.6 Å². The average Bonchev–Trinajstić information content (AvgIpc) is 2.82. The maximum atomic E-state index is 9.17. The van der Waals surface area contributed by atoms with Crippen molar-refractivity contribution in [1.82, 2.24) is 14.5 Å². The predicted octanol–water partition coefficient (Wildman–Crippen LogP) is 2.53. The smallest absolute Gasteiger partial charge is 0.100 e. The molecule has 0 unspecified atom stereocenters. The second-order valence-electron chi connectivity index (χ2n) is 4.70. The highest BCUT2D eigenvalue weighted by molar-refractivity contribution is 5.79. The third-order valence-corrected chi connectivity index (χ3v) is 3.40. The van der Waals surface area contributed by atoms with Crippen LogP contribution >= 0.6 is 0 Å². The van der Waals surface area contributed by atoms with Crippen molar-refractivity contribution >= 4 is 11.0 Å². The van der Waals surface area contributed by atoms with Crippen LogP contribution in [0.2, 0.25) is 0 Å². The lowest BCUT2D eigenvalue weighted by atomic mass is 10.1. The van der Waals surface area contributed by atoms with E-state index in [4.69, 9.17) is 5.11 Å². The summed E-state index contributed by atoms with van der Waals surface area (Å²) in [5.41, 5.74) is 6.14. The number of aliphatic hydroxyl groups excluding tert-OH is 1. The second-order valence-corrected chi connectivity index (χ2v) is 4.70. The van der Waals surface area contributed by atoms with E-state index in [9.17, 15) is 0 Å². The van der Waals surface area contributed by atoms with Crippen molar-refractivity contribution in [3.8, 4) is 5.69 Å². The fourth-order valence-electron chi connectivity index (χ4n) is 2.17. The Kier molecular flexibility index (Phi) is 2.80. The van der Waals surface area contributed by atoms with Crippen molar-refractivity contribution in [3.05, 3.63) is 53.6 Å². The normalized spacial score (nSPS) is 11.1. The Bertz CT molecular complexity index is 746. The molecule has 2 aromatic heterocycles. The number of aliphatic hydroxyl groups is 1. The summed E-state index contributed by atoms with van der Waals surface area (Å²) in [7, 11) is 0. The number of hydrogen-bond acceptors (Lipinski definition) is 3. The molecule has 19 heavy (non-hydrogen) atoms. The molecular weight excluding hydrogens is 238 g/mol. The van der Waals surface area contributed by atoms with Crippen molar-refractivity contribution in [3.63, 3.8) is 0 Å². The zero-order chi connectivity index (χ0) is 13.4. The molecule has 0 bridgehead atoms. The lowest BCUT2D eigenvalue weighted by Gasteiger charge is -2.07. The SMILES string of the molecule is Cc1cc2ncn(-c3ccnc(CO)c3)c2cc1C. The number of benzene rings is 1.